The number of methoxy groups -OCH3 is 1. The lowest BCUT2D eigenvalue weighted by Crippen LogP contribution is -2.05. The Morgan fingerprint density at radius 2 is 2.10 bits per heavy atom. The van der Waals surface area contributed by atoms with Crippen LogP contribution in [0, 0.1) is 5.82 Å². The molecular formula is C15H18FN3O2. The number of nitrogens with one attached hydrogen (secondary N) is 1. The molecule has 0 spiro atoms. The van der Waals surface area contributed by atoms with Crippen molar-refractivity contribution < 1.29 is 13.9 Å². The van der Waals surface area contributed by atoms with Crippen LogP contribution >= 0.6 is 0 Å². The Hall–Kier alpha value is -2.50. The summed E-state index contributed by atoms with van der Waals surface area (Å²) in [5.41, 5.74) is 6.95. The second-order valence-corrected chi connectivity index (χ2v) is 4.36. The van der Waals surface area contributed by atoms with E-state index < -0.39 is 5.82 Å². The summed E-state index contributed by atoms with van der Waals surface area (Å²) >= 11 is 0. The van der Waals surface area contributed by atoms with Crippen molar-refractivity contribution in [2.24, 2.45) is 0 Å². The number of aromatic nitrogens is 1. The SMILES string of the molecule is CCOc1cc(CNc2ncc(F)cc2N)ccc1OC. The van der Waals surface area contributed by atoms with Crippen LogP contribution in [0.15, 0.2) is 30.5 Å². The second kappa shape index (κ2) is 6.78. The monoisotopic (exact) mass is 291 g/mol. The maximum atomic E-state index is 12.9. The molecule has 0 atom stereocenters. The van der Waals surface area contributed by atoms with Gasteiger partial charge in [-0.25, -0.2) is 9.37 Å². The average Bonchev–Trinajstić information content (AvgIpc) is 2.47. The molecular weight excluding hydrogens is 273 g/mol. The average molecular weight is 291 g/mol. The van der Waals surface area contributed by atoms with E-state index in [-0.39, 0.29) is 5.69 Å². The summed E-state index contributed by atoms with van der Waals surface area (Å²) in [6.45, 7) is 2.96. The van der Waals surface area contributed by atoms with Crippen LogP contribution in [0.1, 0.15) is 12.5 Å². The summed E-state index contributed by atoms with van der Waals surface area (Å²) < 4.78 is 23.7. The van der Waals surface area contributed by atoms with E-state index in [9.17, 15) is 4.39 Å². The van der Waals surface area contributed by atoms with Gasteiger partial charge in [0.2, 0.25) is 0 Å². The molecule has 0 amide bonds. The third-order valence-corrected chi connectivity index (χ3v) is 2.87. The van der Waals surface area contributed by atoms with Crippen LogP contribution in [0.3, 0.4) is 0 Å². The number of hydrogen-bond acceptors (Lipinski definition) is 5. The van der Waals surface area contributed by atoms with Crippen molar-refractivity contribution in [3.8, 4) is 11.5 Å². The van der Waals surface area contributed by atoms with E-state index in [2.05, 4.69) is 10.3 Å². The summed E-state index contributed by atoms with van der Waals surface area (Å²) in [5, 5.41) is 3.06. The van der Waals surface area contributed by atoms with E-state index in [0.29, 0.717) is 30.5 Å². The Bertz CT molecular complexity index is 620. The van der Waals surface area contributed by atoms with Gasteiger partial charge in [0.15, 0.2) is 11.5 Å². The van der Waals surface area contributed by atoms with Crippen molar-refractivity contribution >= 4 is 11.5 Å². The van der Waals surface area contributed by atoms with E-state index in [0.717, 1.165) is 11.8 Å². The number of anilines is 2. The molecule has 0 aliphatic rings. The highest BCUT2D eigenvalue weighted by atomic mass is 19.1. The summed E-state index contributed by atoms with van der Waals surface area (Å²) in [6, 6.07) is 6.86. The Kier molecular flexibility index (Phi) is 4.81. The first kappa shape index (κ1) is 14.9. The number of halogens is 1. The molecule has 0 saturated carbocycles. The van der Waals surface area contributed by atoms with Crippen LogP contribution in [-0.4, -0.2) is 18.7 Å². The van der Waals surface area contributed by atoms with Gasteiger partial charge in [-0.3, -0.25) is 0 Å². The molecule has 1 aromatic heterocycles. The van der Waals surface area contributed by atoms with Gasteiger partial charge in [0.1, 0.15) is 11.6 Å². The Labute approximate surface area is 122 Å². The first-order valence-corrected chi connectivity index (χ1v) is 6.58. The number of rotatable bonds is 6. The zero-order chi connectivity index (χ0) is 15.2. The van der Waals surface area contributed by atoms with Gasteiger partial charge >= 0.3 is 0 Å². The van der Waals surface area contributed by atoms with E-state index in [1.54, 1.807) is 7.11 Å². The first-order valence-electron chi connectivity index (χ1n) is 6.58. The van der Waals surface area contributed by atoms with E-state index in [1.165, 1.54) is 6.07 Å². The molecule has 1 aromatic carbocycles. The highest BCUT2D eigenvalue weighted by Gasteiger charge is 2.07. The molecule has 0 unspecified atom stereocenters. The van der Waals surface area contributed by atoms with Crippen LogP contribution in [0.25, 0.3) is 0 Å². The standard InChI is InChI=1S/C15H18FN3O2/c1-3-21-14-6-10(4-5-13(14)20-2)8-18-15-12(17)7-11(16)9-19-15/h4-7,9H,3,8,17H2,1-2H3,(H,18,19). The van der Waals surface area contributed by atoms with Crippen molar-refractivity contribution in [2.45, 2.75) is 13.5 Å². The normalized spacial score (nSPS) is 10.2. The van der Waals surface area contributed by atoms with Crippen LogP contribution < -0.4 is 20.5 Å². The number of ether oxygens (including phenoxy) is 2. The zero-order valence-electron chi connectivity index (χ0n) is 12.0. The third-order valence-electron chi connectivity index (χ3n) is 2.87. The van der Waals surface area contributed by atoms with Crippen LogP contribution in [0.2, 0.25) is 0 Å². The van der Waals surface area contributed by atoms with Crippen molar-refractivity contribution in [3.63, 3.8) is 0 Å². The van der Waals surface area contributed by atoms with E-state index >= 15 is 0 Å². The van der Waals surface area contributed by atoms with Crippen LogP contribution in [0.4, 0.5) is 15.9 Å². The van der Waals surface area contributed by atoms with Gasteiger partial charge in [0.05, 0.1) is 25.6 Å². The van der Waals surface area contributed by atoms with E-state index in [1.807, 2.05) is 25.1 Å². The van der Waals surface area contributed by atoms with Crippen molar-refractivity contribution in [1.82, 2.24) is 4.98 Å². The minimum Gasteiger partial charge on any atom is -0.493 e. The summed E-state index contributed by atoms with van der Waals surface area (Å²) in [7, 11) is 1.60. The molecule has 5 nitrogen and oxygen atoms in total. The predicted octanol–water partition coefficient (Wildman–Crippen LogP) is 2.82. The molecule has 0 aliphatic carbocycles. The maximum Gasteiger partial charge on any atom is 0.161 e. The molecule has 1 heterocycles. The fourth-order valence-electron chi connectivity index (χ4n) is 1.89. The van der Waals surface area contributed by atoms with Gasteiger partial charge in [0, 0.05) is 12.6 Å². The Morgan fingerprint density at radius 1 is 1.29 bits per heavy atom. The van der Waals surface area contributed by atoms with Gasteiger partial charge in [-0.2, -0.15) is 0 Å². The number of nitrogens with zero attached hydrogens (tertiary/aromatic N) is 1. The van der Waals surface area contributed by atoms with Gasteiger partial charge < -0.3 is 20.5 Å². The zero-order valence-corrected chi connectivity index (χ0v) is 12.0. The molecule has 0 radical (unpaired) electrons. The largest absolute Gasteiger partial charge is 0.493 e. The molecule has 2 aromatic rings. The van der Waals surface area contributed by atoms with Gasteiger partial charge in [-0.1, -0.05) is 6.07 Å². The van der Waals surface area contributed by atoms with Crippen LogP contribution in [-0.2, 0) is 6.54 Å². The topological polar surface area (TPSA) is 69.4 Å². The molecule has 0 fully saturated rings. The van der Waals surface area contributed by atoms with Gasteiger partial charge in [-0.15, -0.1) is 0 Å². The number of nitrogens with two attached hydrogens (primary N) is 1. The minimum absolute atomic E-state index is 0.272. The fraction of sp³-hybridized carbons (Fsp3) is 0.267. The lowest BCUT2D eigenvalue weighted by atomic mass is 10.2. The number of hydrogen-bond donors (Lipinski definition) is 2. The lowest BCUT2D eigenvalue weighted by Gasteiger charge is -2.12. The first-order chi connectivity index (χ1) is 10.1. The molecule has 0 bridgehead atoms. The molecule has 112 valence electrons. The second-order valence-electron chi connectivity index (χ2n) is 4.36. The summed E-state index contributed by atoms with van der Waals surface area (Å²) in [4.78, 5) is 3.92. The highest BCUT2D eigenvalue weighted by molar-refractivity contribution is 5.60. The quantitative estimate of drug-likeness (QED) is 0.856. The maximum absolute atomic E-state index is 12.9. The molecule has 3 N–H and O–H groups in total. The minimum atomic E-state index is -0.457. The molecule has 2 rings (SSSR count). The highest BCUT2D eigenvalue weighted by Crippen LogP contribution is 2.28. The van der Waals surface area contributed by atoms with Gasteiger partial charge in [0.25, 0.3) is 0 Å². The smallest absolute Gasteiger partial charge is 0.161 e. The Morgan fingerprint density at radius 3 is 2.76 bits per heavy atom. The number of benzene rings is 1. The molecule has 0 aliphatic heterocycles. The molecule has 0 saturated heterocycles. The molecule has 21 heavy (non-hydrogen) atoms. The third kappa shape index (κ3) is 3.75. The van der Waals surface area contributed by atoms with Crippen molar-refractivity contribution in [3.05, 3.63) is 41.8 Å². The van der Waals surface area contributed by atoms with Crippen molar-refractivity contribution in [2.75, 3.05) is 24.8 Å². The summed E-state index contributed by atoms with van der Waals surface area (Å²) in [5.74, 6) is 1.35. The number of pyridine rings is 1. The van der Waals surface area contributed by atoms with Crippen LogP contribution in [0.5, 0.6) is 11.5 Å². The Balaban J connectivity index is 2.10. The lowest BCUT2D eigenvalue weighted by molar-refractivity contribution is 0.310. The summed E-state index contributed by atoms with van der Waals surface area (Å²) in [6.07, 6.45) is 1.12. The molecule has 6 heteroatoms. The van der Waals surface area contributed by atoms with E-state index in [4.69, 9.17) is 15.2 Å². The fourth-order valence-corrected chi connectivity index (χ4v) is 1.89. The van der Waals surface area contributed by atoms with Gasteiger partial charge in [-0.05, 0) is 24.6 Å². The van der Waals surface area contributed by atoms with Crippen molar-refractivity contribution in [1.29, 1.82) is 0 Å². The number of nitrogen functional groups attached to an aromatic ring is 1. The predicted molar refractivity (Wildman–Crippen MR) is 80.1 cm³/mol.